The Bertz CT molecular complexity index is 574. The highest BCUT2D eigenvalue weighted by atomic mass is 19.4. The van der Waals surface area contributed by atoms with Crippen LogP contribution < -0.4 is 4.74 Å². The van der Waals surface area contributed by atoms with Gasteiger partial charge in [0.1, 0.15) is 0 Å². The molecule has 0 aliphatic rings. The van der Waals surface area contributed by atoms with Crippen LogP contribution in [0.3, 0.4) is 0 Å². The van der Waals surface area contributed by atoms with Crippen molar-refractivity contribution in [3.05, 3.63) is 48.0 Å². The van der Waals surface area contributed by atoms with Crippen molar-refractivity contribution in [1.82, 2.24) is 0 Å². The molecule has 19 heavy (non-hydrogen) atoms. The molecule has 2 rings (SSSR count). The first-order chi connectivity index (χ1) is 8.91. The first-order valence-electron chi connectivity index (χ1n) is 5.46. The number of hydrogen-bond acceptors (Lipinski definition) is 2. The van der Waals surface area contributed by atoms with E-state index in [4.69, 9.17) is 4.74 Å². The average molecular weight is 268 g/mol. The Kier molecular flexibility index (Phi) is 3.38. The normalized spacial score (nSPS) is 11.4. The highest BCUT2D eigenvalue weighted by molar-refractivity contribution is 5.67. The monoisotopic (exact) mass is 268 g/mol. The maximum absolute atomic E-state index is 12.4. The second-order valence-electron chi connectivity index (χ2n) is 3.96. The summed E-state index contributed by atoms with van der Waals surface area (Å²) in [5, 5.41) is 9.63. The van der Waals surface area contributed by atoms with Crippen molar-refractivity contribution < 1.29 is 23.0 Å². The predicted molar refractivity (Wildman–Crippen MR) is 65.1 cm³/mol. The third-order valence-corrected chi connectivity index (χ3v) is 2.72. The van der Waals surface area contributed by atoms with Crippen molar-refractivity contribution in [2.45, 2.75) is 6.18 Å². The molecule has 0 aromatic heterocycles. The molecule has 0 aliphatic carbocycles. The van der Waals surface area contributed by atoms with Crippen LogP contribution in [0.5, 0.6) is 11.5 Å². The summed E-state index contributed by atoms with van der Waals surface area (Å²) in [5.74, 6) is 0.260. The molecule has 1 N–H and O–H groups in total. The van der Waals surface area contributed by atoms with Crippen LogP contribution in [0, 0.1) is 0 Å². The minimum Gasteiger partial charge on any atom is -0.504 e. The number of rotatable bonds is 2. The Balaban J connectivity index is 2.35. The van der Waals surface area contributed by atoms with E-state index < -0.39 is 11.7 Å². The van der Waals surface area contributed by atoms with Crippen LogP contribution >= 0.6 is 0 Å². The molecular formula is C14H11F3O2. The van der Waals surface area contributed by atoms with E-state index in [-0.39, 0.29) is 5.75 Å². The van der Waals surface area contributed by atoms with Crippen molar-refractivity contribution in [2.75, 3.05) is 7.11 Å². The molecule has 0 bridgehead atoms. The summed E-state index contributed by atoms with van der Waals surface area (Å²) >= 11 is 0. The van der Waals surface area contributed by atoms with Crippen molar-refractivity contribution in [2.24, 2.45) is 0 Å². The van der Waals surface area contributed by atoms with Gasteiger partial charge in [0.2, 0.25) is 0 Å². The maximum Gasteiger partial charge on any atom is 0.416 e. The number of phenolic OH excluding ortho intramolecular Hbond substituents is 1. The van der Waals surface area contributed by atoms with Crippen LogP contribution in [0.25, 0.3) is 11.1 Å². The maximum atomic E-state index is 12.4. The lowest BCUT2D eigenvalue weighted by Gasteiger charge is -2.09. The molecule has 0 aliphatic heterocycles. The van der Waals surface area contributed by atoms with Crippen LogP contribution in [0.15, 0.2) is 42.5 Å². The first-order valence-corrected chi connectivity index (χ1v) is 5.46. The zero-order valence-corrected chi connectivity index (χ0v) is 10.0. The van der Waals surface area contributed by atoms with Crippen LogP contribution in [-0.2, 0) is 6.18 Å². The molecule has 0 atom stereocenters. The van der Waals surface area contributed by atoms with Crippen molar-refractivity contribution in [3.63, 3.8) is 0 Å². The quantitative estimate of drug-likeness (QED) is 0.889. The zero-order valence-electron chi connectivity index (χ0n) is 10.0. The van der Waals surface area contributed by atoms with Crippen molar-refractivity contribution >= 4 is 0 Å². The Labute approximate surface area is 108 Å². The molecule has 0 fully saturated rings. The van der Waals surface area contributed by atoms with Crippen LogP contribution in [0.2, 0.25) is 0 Å². The summed E-state index contributed by atoms with van der Waals surface area (Å²) in [5.41, 5.74) is 0.506. The Morgan fingerprint density at radius 1 is 0.947 bits per heavy atom. The molecule has 2 aromatic carbocycles. The Morgan fingerprint density at radius 3 is 2.00 bits per heavy atom. The molecule has 0 spiro atoms. The van der Waals surface area contributed by atoms with Gasteiger partial charge < -0.3 is 9.84 Å². The van der Waals surface area contributed by atoms with Gasteiger partial charge in [-0.1, -0.05) is 18.2 Å². The first kappa shape index (κ1) is 13.3. The predicted octanol–water partition coefficient (Wildman–Crippen LogP) is 4.09. The molecule has 0 heterocycles. The van der Waals surface area contributed by atoms with Gasteiger partial charge in [0.15, 0.2) is 11.5 Å². The summed E-state index contributed by atoms with van der Waals surface area (Å²) in [7, 11) is 1.42. The highest BCUT2D eigenvalue weighted by Crippen LogP contribution is 2.33. The number of alkyl halides is 3. The summed E-state index contributed by atoms with van der Waals surface area (Å²) in [6.45, 7) is 0. The van der Waals surface area contributed by atoms with E-state index in [0.29, 0.717) is 16.9 Å². The number of methoxy groups -OCH3 is 1. The summed E-state index contributed by atoms with van der Waals surface area (Å²) < 4.78 is 42.2. The van der Waals surface area contributed by atoms with E-state index in [9.17, 15) is 18.3 Å². The van der Waals surface area contributed by atoms with E-state index in [1.165, 1.54) is 25.3 Å². The van der Waals surface area contributed by atoms with Crippen LogP contribution in [0.4, 0.5) is 13.2 Å². The number of halogens is 3. The van der Waals surface area contributed by atoms with Gasteiger partial charge in [-0.05, 0) is 35.4 Å². The standard InChI is InChI=1S/C14H11F3O2/c1-19-13-7-4-10(8-12(13)18)9-2-5-11(6-3-9)14(15,16)17/h2-8,18H,1H3. The minimum atomic E-state index is -4.35. The van der Waals surface area contributed by atoms with Gasteiger partial charge in [0.05, 0.1) is 12.7 Å². The van der Waals surface area contributed by atoms with E-state index in [0.717, 1.165) is 12.1 Å². The van der Waals surface area contributed by atoms with E-state index in [1.807, 2.05) is 0 Å². The van der Waals surface area contributed by atoms with E-state index >= 15 is 0 Å². The van der Waals surface area contributed by atoms with Gasteiger partial charge in [-0.3, -0.25) is 0 Å². The van der Waals surface area contributed by atoms with Gasteiger partial charge in [0, 0.05) is 0 Å². The van der Waals surface area contributed by atoms with Crippen LogP contribution in [0.1, 0.15) is 5.56 Å². The third-order valence-electron chi connectivity index (χ3n) is 2.72. The molecular weight excluding hydrogens is 257 g/mol. The second kappa shape index (κ2) is 4.84. The minimum absolute atomic E-state index is 0.0557. The van der Waals surface area contributed by atoms with Crippen LogP contribution in [-0.4, -0.2) is 12.2 Å². The van der Waals surface area contributed by atoms with Gasteiger partial charge in [-0.25, -0.2) is 0 Å². The van der Waals surface area contributed by atoms with Crippen molar-refractivity contribution in [1.29, 1.82) is 0 Å². The SMILES string of the molecule is COc1ccc(-c2ccc(C(F)(F)F)cc2)cc1O. The number of hydrogen-bond donors (Lipinski definition) is 1. The van der Waals surface area contributed by atoms with Gasteiger partial charge >= 0.3 is 6.18 Å². The largest absolute Gasteiger partial charge is 0.504 e. The fourth-order valence-corrected chi connectivity index (χ4v) is 1.72. The molecule has 5 heteroatoms. The number of ether oxygens (including phenoxy) is 1. The molecule has 0 saturated carbocycles. The zero-order chi connectivity index (χ0) is 14.0. The average Bonchev–Trinajstić information content (AvgIpc) is 2.38. The number of phenols is 1. The summed E-state index contributed by atoms with van der Waals surface area (Å²) in [6.07, 6.45) is -4.35. The summed E-state index contributed by atoms with van der Waals surface area (Å²) in [6, 6.07) is 9.42. The molecule has 2 nitrogen and oxygen atoms in total. The van der Waals surface area contributed by atoms with Gasteiger partial charge in [-0.15, -0.1) is 0 Å². The smallest absolute Gasteiger partial charge is 0.416 e. The second-order valence-corrected chi connectivity index (χ2v) is 3.96. The highest BCUT2D eigenvalue weighted by Gasteiger charge is 2.29. The lowest BCUT2D eigenvalue weighted by Crippen LogP contribution is -2.03. The number of benzene rings is 2. The van der Waals surface area contributed by atoms with Gasteiger partial charge in [0.25, 0.3) is 0 Å². The lowest BCUT2D eigenvalue weighted by atomic mass is 10.0. The topological polar surface area (TPSA) is 29.5 Å². The molecule has 0 amide bonds. The molecule has 0 radical (unpaired) electrons. The number of aromatic hydroxyl groups is 1. The summed E-state index contributed by atoms with van der Waals surface area (Å²) in [4.78, 5) is 0. The lowest BCUT2D eigenvalue weighted by molar-refractivity contribution is -0.137. The molecule has 0 saturated heterocycles. The van der Waals surface area contributed by atoms with Gasteiger partial charge in [-0.2, -0.15) is 13.2 Å². The fraction of sp³-hybridized carbons (Fsp3) is 0.143. The van der Waals surface area contributed by atoms with Crippen molar-refractivity contribution in [3.8, 4) is 22.6 Å². The Morgan fingerprint density at radius 2 is 1.53 bits per heavy atom. The fourth-order valence-electron chi connectivity index (χ4n) is 1.72. The molecule has 2 aromatic rings. The molecule has 100 valence electrons. The molecule has 0 unspecified atom stereocenters. The Hall–Kier alpha value is -2.17. The van der Waals surface area contributed by atoms with E-state index in [1.54, 1.807) is 12.1 Å². The third kappa shape index (κ3) is 2.81. The van der Waals surface area contributed by atoms with E-state index in [2.05, 4.69) is 0 Å².